The highest BCUT2D eigenvalue weighted by atomic mass is 79.9. The summed E-state index contributed by atoms with van der Waals surface area (Å²) in [7, 11) is 0. The average molecular weight is 368 g/mol. The molecule has 1 aromatic heterocycles. The van der Waals surface area contributed by atoms with Gasteiger partial charge in [0, 0.05) is 32.5 Å². The number of anilines is 1. The van der Waals surface area contributed by atoms with Crippen molar-refractivity contribution >= 4 is 39.0 Å². The molecule has 2 rings (SSSR count). The molecule has 4 nitrogen and oxygen atoms in total. The lowest BCUT2D eigenvalue weighted by atomic mass is 10.1. The van der Waals surface area contributed by atoms with Gasteiger partial charge in [0.15, 0.2) is 0 Å². The largest absolute Gasteiger partial charge is 0.351 e. The van der Waals surface area contributed by atoms with Crippen LogP contribution < -0.4 is 16.4 Å². The quantitative estimate of drug-likeness (QED) is 0.742. The Bertz CT molecular complexity index is 605. The Balaban J connectivity index is 1.93. The zero-order valence-corrected chi connectivity index (χ0v) is 14.3. The van der Waals surface area contributed by atoms with E-state index in [4.69, 9.17) is 5.73 Å². The van der Waals surface area contributed by atoms with Crippen molar-refractivity contribution in [1.82, 2.24) is 5.32 Å². The molecule has 6 heteroatoms. The maximum Gasteiger partial charge on any atom is 0.316 e. The molecule has 112 valence electrons. The van der Waals surface area contributed by atoms with Gasteiger partial charge in [0.1, 0.15) is 0 Å². The summed E-state index contributed by atoms with van der Waals surface area (Å²) in [5, 5.41) is 6.05. The first-order chi connectivity index (χ1) is 9.95. The average Bonchev–Trinajstić information content (AvgIpc) is 2.75. The Morgan fingerprint density at radius 1 is 1.38 bits per heavy atom. The van der Waals surface area contributed by atoms with Crippen LogP contribution in [0.1, 0.15) is 28.3 Å². The predicted octanol–water partition coefficient (Wildman–Crippen LogP) is 4.16. The van der Waals surface area contributed by atoms with Crippen molar-refractivity contribution in [2.75, 3.05) is 5.32 Å². The molecule has 0 radical (unpaired) electrons. The molecule has 1 unspecified atom stereocenters. The number of hydrogen-bond acceptors (Lipinski definition) is 3. The van der Waals surface area contributed by atoms with Crippen LogP contribution in [0.25, 0.3) is 0 Å². The van der Waals surface area contributed by atoms with Crippen molar-refractivity contribution in [2.45, 2.75) is 26.4 Å². The van der Waals surface area contributed by atoms with Crippen molar-refractivity contribution in [1.29, 1.82) is 0 Å². The summed E-state index contributed by atoms with van der Waals surface area (Å²) in [5.74, 6) is 0. The highest BCUT2D eigenvalue weighted by Crippen LogP contribution is 2.26. The summed E-state index contributed by atoms with van der Waals surface area (Å²) in [5.41, 5.74) is 6.95. The number of amides is 2. The van der Waals surface area contributed by atoms with E-state index in [1.54, 1.807) is 11.3 Å². The maximum absolute atomic E-state index is 10.8. The summed E-state index contributed by atoms with van der Waals surface area (Å²) in [4.78, 5) is 13.4. The van der Waals surface area contributed by atoms with Gasteiger partial charge in [-0.3, -0.25) is 0 Å². The SMILES string of the molecule is Cc1sc(CNC(C)c2ccc(NC(N)=O)cc2)cc1Br. The highest BCUT2D eigenvalue weighted by Gasteiger charge is 2.07. The van der Waals surface area contributed by atoms with E-state index in [0.29, 0.717) is 5.69 Å². The highest BCUT2D eigenvalue weighted by molar-refractivity contribution is 9.10. The number of urea groups is 1. The molecule has 2 aromatic rings. The van der Waals surface area contributed by atoms with Crippen molar-refractivity contribution in [3.05, 3.63) is 50.1 Å². The van der Waals surface area contributed by atoms with Crippen LogP contribution in [0, 0.1) is 6.92 Å². The van der Waals surface area contributed by atoms with Crippen LogP contribution in [-0.4, -0.2) is 6.03 Å². The summed E-state index contributed by atoms with van der Waals surface area (Å²) in [6.45, 7) is 5.05. The van der Waals surface area contributed by atoms with Gasteiger partial charge >= 0.3 is 6.03 Å². The predicted molar refractivity (Wildman–Crippen MR) is 91.7 cm³/mol. The first kappa shape index (κ1) is 16.0. The number of hydrogen-bond donors (Lipinski definition) is 3. The zero-order valence-electron chi connectivity index (χ0n) is 11.9. The van der Waals surface area contributed by atoms with E-state index in [1.165, 1.54) is 14.2 Å². The molecule has 2 amide bonds. The molecule has 1 atom stereocenters. The Kier molecular flexibility index (Phi) is 5.39. The fourth-order valence-corrected chi connectivity index (χ4v) is 3.53. The van der Waals surface area contributed by atoms with Crippen LogP contribution in [0.15, 0.2) is 34.8 Å². The van der Waals surface area contributed by atoms with Gasteiger partial charge in [0.2, 0.25) is 0 Å². The van der Waals surface area contributed by atoms with E-state index in [1.807, 2.05) is 24.3 Å². The second-order valence-electron chi connectivity index (χ2n) is 4.83. The number of aryl methyl sites for hydroxylation is 1. The Hall–Kier alpha value is -1.37. The second-order valence-corrected chi connectivity index (χ2v) is 7.03. The van der Waals surface area contributed by atoms with E-state index >= 15 is 0 Å². The van der Waals surface area contributed by atoms with E-state index < -0.39 is 6.03 Å². The Labute approximate surface area is 136 Å². The third-order valence-electron chi connectivity index (χ3n) is 3.17. The summed E-state index contributed by atoms with van der Waals surface area (Å²) >= 11 is 5.32. The fourth-order valence-electron chi connectivity index (χ4n) is 1.97. The Morgan fingerprint density at radius 3 is 2.57 bits per heavy atom. The van der Waals surface area contributed by atoms with Gasteiger partial charge in [-0.15, -0.1) is 11.3 Å². The third kappa shape index (κ3) is 4.56. The molecule has 0 saturated carbocycles. The van der Waals surface area contributed by atoms with Gasteiger partial charge in [-0.2, -0.15) is 0 Å². The summed E-state index contributed by atoms with van der Waals surface area (Å²) < 4.78 is 1.17. The number of benzene rings is 1. The maximum atomic E-state index is 10.8. The van der Waals surface area contributed by atoms with Crippen LogP contribution in [-0.2, 0) is 6.54 Å². The lowest BCUT2D eigenvalue weighted by Gasteiger charge is -2.14. The molecule has 0 bridgehead atoms. The lowest BCUT2D eigenvalue weighted by Crippen LogP contribution is -2.19. The number of carbonyl (C=O) groups is 1. The van der Waals surface area contributed by atoms with Crippen LogP contribution >= 0.6 is 27.3 Å². The third-order valence-corrected chi connectivity index (χ3v) is 5.31. The van der Waals surface area contributed by atoms with Gasteiger partial charge < -0.3 is 16.4 Å². The molecule has 0 aliphatic heterocycles. The standard InChI is InChI=1S/C15H18BrN3OS/c1-9(18-8-13-7-14(16)10(2)21-13)11-3-5-12(6-4-11)19-15(17)20/h3-7,9,18H,8H2,1-2H3,(H3,17,19,20). The monoisotopic (exact) mass is 367 g/mol. The molecule has 0 spiro atoms. The van der Waals surface area contributed by atoms with Gasteiger partial charge in [0.25, 0.3) is 0 Å². The minimum Gasteiger partial charge on any atom is -0.351 e. The molecule has 4 N–H and O–H groups in total. The molecule has 0 aliphatic rings. The van der Waals surface area contributed by atoms with Crippen LogP contribution in [0.2, 0.25) is 0 Å². The normalized spacial score (nSPS) is 12.1. The molecule has 0 aliphatic carbocycles. The van der Waals surface area contributed by atoms with Crippen LogP contribution in [0.5, 0.6) is 0 Å². The number of primary amides is 1. The van der Waals surface area contributed by atoms with E-state index in [2.05, 4.69) is 46.5 Å². The number of thiophene rings is 1. The van der Waals surface area contributed by atoms with Gasteiger partial charge in [-0.1, -0.05) is 12.1 Å². The minimum atomic E-state index is -0.549. The number of carbonyl (C=O) groups excluding carboxylic acids is 1. The molecular weight excluding hydrogens is 350 g/mol. The molecule has 0 saturated heterocycles. The zero-order chi connectivity index (χ0) is 15.4. The molecule has 1 aromatic carbocycles. The minimum absolute atomic E-state index is 0.230. The topological polar surface area (TPSA) is 67.2 Å². The van der Waals surface area contributed by atoms with E-state index in [0.717, 1.165) is 12.1 Å². The molecule has 0 fully saturated rings. The number of halogens is 1. The first-order valence-electron chi connectivity index (χ1n) is 6.60. The Morgan fingerprint density at radius 2 is 2.05 bits per heavy atom. The van der Waals surface area contributed by atoms with Gasteiger partial charge in [-0.05, 0) is 53.5 Å². The van der Waals surface area contributed by atoms with Gasteiger partial charge in [-0.25, -0.2) is 4.79 Å². The molecular formula is C15H18BrN3OS. The van der Waals surface area contributed by atoms with E-state index in [-0.39, 0.29) is 6.04 Å². The number of nitrogens with two attached hydrogens (primary N) is 1. The lowest BCUT2D eigenvalue weighted by molar-refractivity contribution is 0.259. The smallest absolute Gasteiger partial charge is 0.316 e. The van der Waals surface area contributed by atoms with Crippen molar-refractivity contribution in [2.24, 2.45) is 5.73 Å². The summed E-state index contributed by atoms with van der Waals surface area (Å²) in [6.07, 6.45) is 0. The number of nitrogens with one attached hydrogen (secondary N) is 2. The van der Waals surface area contributed by atoms with Crippen molar-refractivity contribution in [3.8, 4) is 0 Å². The molecule has 1 heterocycles. The molecule has 21 heavy (non-hydrogen) atoms. The number of rotatable bonds is 5. The second kappa shape index (κ2) is 7.06. The van der Waals surface area contributed by atoms with Crippen molar-refractivity contribution < 1.29 is 4.79 Å². The summed E-state index contributed by atoms with van der Waals surface area (Å²) in [6, 6.07) is 9.51. The van der Waals surface area contributed by atoms with Crippen LogP contribution in [0.3, 0.4) is 0 Å². The van der Waals surface area contributed by atoms with Gasteiger partial charge in [0.05, 0.1) is 0 Å². The first-order valence-corrected chi connectivity index (χ1v) is 8.21. The fraction of sp³-hybridized carbons (Fsp3) is 0.267. The van der Waals surface area contributed by atoms with E-state index in [9.17, 15) is 4.79 Å². The van der Waals surface area contributed by atoms with Crippen molar-refractivity contribution in [3.63, 3.8) is 0 Å². The van der Waals surface area contributed by atoms with Crippen LogP contribution in [0.4, 0.5) is 10.5 Å².